The summed E-state index contributed by atoms with van der Waals surface area (Å²) in [7, 11) is 0. The van der Waals surface area contributed by atoms with E-state index in [9.17, 15) is 4.79 Å². The van der Waals surface area contributed by atoms with Gasteiger partial charge in [-0.25, -0.2) is 0 Å². The highest BCUT2D eigenvalue weighted by Crippen LogP contribution is 2.17. The van der Waals surface area contributed by atoms with Gasteiger partial charge in [0.05, 0.1) is 0 Å². The van der Waals surface area contributed by atoms with Crippen LogP contribution >= 0.6 is 0 Å². The molecule has 0 spiro atoms. The van der Waals surface area contributed by atoms with E-state index in [4.69, 9.17) is 4.74 Å². The number of carbonyl (C=O) groups is 1. The van der Waals surface area contributed by atoms with E-state index in [1.807, 2.05) is 58.4 Å². The predicted octanol–water partition coefficient (Wildman–Crippen LogP) is 4.12. The fraction of sp³-hybridized carbons (Fsp3) is 0.471. The average molecular weight is 275 g/mol. The maximum Gasteiger partial charge on any atom is 0.326 e. The molecule has 0 N–H and O–H groups in total. The summed E-state index contributed by atoms with van der Waals surface area (Å²) < 4.78 is 7.24. The molecule has 3 nitrogen and oxygen atoms in total. The molecule has 0 saturated heterocycles. The van der Waals surface area contributed by atoms with Gasteiger partial charge >= 0.3 is 5.97 Å². The van der Waals surface area contributed by atoms with Crippen molar-refractivity contribution in [3.63, 3.8) is 0 Å². The second kappa shape index (κ2) is 6.12. The molecule has 0 saturated carbocycles. The van der Waals surface area contributed by atoms with Crippen LogP contribution in [-0.2, 0) is 16.1 Å². The fourth-order valence-corrected chi connectivity index (χ4v) is 1.76. The van der Waals surface area contributed by atoms with E-state index >= 15 is 0 Å². The van der Waals surface area contributed by atoms with E-state index < -0.39 is 5.60 Å². The monoisotopic (exact) mass is 275 g/mol. The third-order valence-corrected chi connectivity index (χ3v) is 3.05. The Hall–Kier alpha value is -1.77. The van der Waals surface area contributed by atoms with Crippen LogP contribution in [0.25, 0.3) is 6.08 Å². The third-order valence-electron chi connectivity index (χ3n) is 3.05. The quantitative estimate of drug-likeness (QED) is 0.611. The highest BCUT2D eigenvalue weighted by molar-refractivity contribution is 5.70. The van der Waals surface area contributed by atoms with Crippen molar-refractivity contribution in [1.29, 1.82) is 0 Å². The second-order valence-electron chi connectivity index (χ2n) is 6.18. The summed E-state index contributed by atoms with van der Waals surface area (Å²) >= 11 is 0. The van der Waals surface area contributed by atoms with Crippen molar-refractivity contribution in [2.45, 2.75) is 53.7 Å². The molecule has 0 amide bonds. The first kappa shape index (κ1) is 16.3. The number of ether oxygens (including phenoxy) is 1. The lowest BCUT2D eigenvalue weighted by atomic mass is 10.1. The molecule has 0 aliphatic carbocycles. The Morgan fingerprint density at radius 3 is 2.50 bits per heavy atom. The van der Waals surface area contributed by atoms with E-state index in [2.05, 4.69) is 12.7 Å². The van der Waals surface area contributed by atoms with Gasteiger partial charge in [0.2, 0.25) is 0 Å². The van der Waals surface area contributed by atoms with E-state index in [1.54, 1.807) is 0 Å². The fourth-order valence-electron chi connectivity index (χ4n) is 1.76. The van der Waals surface area contributed by atoms with Gasteiger partial charge in [-0.2, -0.15) is 0 Å². The van der Waals surface area contributed by atoms with Crippen LogP contribution in [0.5, 0.6) is 0 Å². The van der Waals surface area contributed by atoms with Crippen molar-refractivity contribution in [3.8, 4) is 0 Å². The van der Waals surface area contributed by atoms with Crippen LogP contribution in [0, 0.1) is 6.92 Å². The second-order valence-corrected chi connectivity index (χ2v) is 6.18. The predicted molar refractivity (Wildman–Crippen MR) is 83.5 cm³/mol. The van der Waals surface area contributed by atoms with Crippen LogP contribution in [0.1, 0.15) is 45.9 Å². The Balaban J connectivity index is 2.85. The highest BCUT2D eigenvalue weighted by Gasteiger charge is 2.17. The first-order valence-electron chi connectivity index (χ1n) is 6.82. The number of esters is 1. The zero-order valence-corrected chi connectivity index (χ0v) is 13.4. The Kier molecular flexibility index (Phi) is 4.98. The van der Waals surface area contributed by atoms with Crippen LogP contribution < -0.4 is 0 Å². The summed E-state index contributed by atoms with van der Waals surface area (Å²) in [4.78, 5) is 11.8. The highest BCUT2D eigenvalue weighted by atomic mass is 16.6. The zero-order valence-electron chi connectivity index (χ0n) is 13.4. The molecular weight excluding hydrogens is 250 g/mol. The molecule has 1 aromatic heterocycles. The SMILES string of the molecule is C=C(C)/C(C)=C/c1ccn(CC(=O)OC(C)(C)C)c1C. The molecule has 0 bridgehead atoms. The van der Waals surface area contributed by atoms with Gasteiger partial charge in [0, 0.05) is 11.9 Å². The molecule has 0 unspecified atom stereocenters. The molecule has 110 valence electrons. The van der Waals surface area contributed by atoms with E-state index in [0.717, 1.165) is 22.4 Å². The molecule has 0 fully saturated rings. The lowest BCUT2D eigenvalue weighted by molar-refractivity contribution is -0.155. The maximum atomic E-state index is 11.8. The number of hydrogen-bond donors (Lipinski definition) is 0. The summed E-state index contributed by atoms with van der Waals surface area (Å²) in [6.07, 6.45) is 4.00. The Bertz CT molecular complexity index is 542. The standard InChI is InChI=1S/C17H25NO2/c1-12(2)13(3)10-15-8-9-18(14(15)4)11-16(19)20-17(5,6)7/h8-10H,1,11H2,2-7H3/b13-10+. The van der Waals surface area contributed by atoms with E-state index in [1.165, 1.54) is 0 Å². The number of rotatable bonds is 4. The van der Waals surface area contributed by atoms with Crippen molar-refractivity contribution >= 4 is 12.0 Å². The minimum absolute atomic E-state index is 0.219. The molecule has 20 heavy (non-hydrogen) atoms. The topological polar surface area (TPSA) is 31.2 Å². The lowest BCUT2D eigenvalue weighted by Gasteiger charge is -2.20. The molecule has 3 heteroatoms. The van der Waals surface area contributed by atoms with E-state index in [-0.39, 0.29) is 12.5 Å². The first-order chi connectivity index (χ1) is 9.10. The minimum atomic E-state index is -0.447. The summed E-state index contributed by atoms with van der Waals surface area (Å²) in [6.45, 7) is 15.8. The molecule has 0 aliphatic heterocycles. The number of hydrogen-bond acceptors (Lipinski definition) is 2. The molecule has 0 aliphatic rings. The van der Waals surface area contributed by atoms with Gasteiger partial charge in [-0.1, -0.05) is 18.2 Å². The van der Waals surface area contributed by atoms with Crippen molar-refractivity contribution in [2.24, 2.45) is 0 Å². The number of carbonyl (C=O) groups excluding carboxylic acids is 1. The molecule has 1 aromatic rings. The summed E-state index contributed by atoms with van der Waals surface area (Å²) in [5.74, 6) is -0.219. The van der Waals surface area contributed by atoms with Gasteiger partial charge in [0.25, 0.3) is 0 Å². The van der Waals surface area contributed by atoms with Crippen LogP contribution in [0.2, 0.25) is 0 Å². The number of nitrogens with zero attached hydrogens (tertiary/aromatic N) is 1. The zero-order chi connectivity index (χ0) is 15.5. The molecular formula is C17H25NO2. The third kappa shape index (κ3) is 4.72. The van der Waals surface area contributed by atoms with Crippen LogP contribution in [0.15, 0.2) is 30.0 Å². The van der Waals surface area contributed by atoms with Gasteiger partial charge in [-0.05, 0) is 58.7 Å². The van der Waals surface area contributed by atoms with Gasteiger partial charge in [0.1, 0.15) is 12.1 Å². The van der Waals surface area contributed by atoms with Crippen LogP contribution in [0.3, 0.4) is 0 Å². The molecule has 1 heterocycles. The normalized spacial score (nSPS) is 12.4. The van der Waals surface area contributed by atoms with Gasteiger partial charge in [-0.15, -0.1) is 0 Å². The largest absolute Gasteiger partial charge is 0.459 e. The van der Waals surface area contributed by atoms with Crippen LogP contribution in [-0.4, -0.2) is 16.1 Å². The summed E-state index contributed by atoms with van der Waals surface area (Å²) in [5.41, 5.74) is 3.90. The van der Waals surface area contributed by atoms with Crippen molar-refractivity contribution in [3.05, 3.63) is 41.2 Å². The molecule has 0 aromatic carbocycles. The Morgan fingerprint density at radius 2 is 2.00 bits per heavy atom. The number of aromatic nitrogens is 1. The Labute approximate surface area is 121 Å². The lowest BCUT2D eigenvalue weighted by Crippen LogP contribution is -2.26. The van der Waals surface area contributed by atoms with Gasteiger partial charge < -0.3 is 9.30 Å². The van der Waals surface area contributed by atoms with E-state index in [0.29, 0.717) is 0 Å². The van der Waals surface area contributed by atoms with Crippen molar-refractivity contribution in [2.75, 3.05) is 0 Å². The maximum absolute atomic E-state index is 11.8. The number of allylic oxidation sites excluding steroid dienone is 2. The minimum Gasteiger partial charge on any atom is -0.459 e. The molecule has 0 atom stereocenters. The van der Waals surface area contributed by atoms with Crippen LogP contribution in [0.4, 0.5) is 0 Å². The summed E-state index contributed by atoms with van der Waals surface area (Å²) in [5, 5.41) is 0. The molecule has 1 rings (SSSR count). The first-order valence-corrected chi connectivity index (χ1v) is 6.82. The average Bonchev–Trinajstić information content (AvgIpc) is 2.58. The van der Waals surface area contributed by atoms with Crippen molar-refractivity contribution < 1.29 is 9.53 Å². The Morgan fingerprint density at radius 1 is 1.40 bits per heavy atom. The van der Waals surface area contributed by atoms with Crippen molar-refractivity contribution in [1.82, 2.24) is 4.57 Å². The van der Waals surface area contributed by atoms with Gasteiger partial charge in [-0.3, -0.25) is 4.79 Å². The smallest absolute Gasteiger partial charge is 0.326 e. The summed E-state index contributed by atoms with van der Waals surface area (Å²) in [6, 6.07) is 2.01. The van der Waals surface area contributed by atoms with Gasteiger partial charge in [0.15, 0.2) is 0 Å². The molecule has 0 radical (unpaired) electrons.